The van der Waals surface area contributed by atoms with Crippen LogP contribution in [-0.2, 0) is 4.79 Å². The lowest BCUT2D eigenvalue weighted by molar-refractivity contribution is -0.130. The number of aliphatic hydroxyl groups is 1. The van der Waals surface area contributed by atoms with E-state index in [0.29, 0.717) is 12.8 Å². The summed E-state index contributed by atoms with van der Waals surface area (Å²) in [5.74, 6) is -0.132. The fourth-order valence-corrected chi connectivity index (χ4v) is 1.26. The lowest BCUT2D eigenvalue weighted by atomic mass is 9.96. The van der Waals surface area contributed by atoms with Crippen molar-refractivity contribution in [3.05, 3.63) is 11.6 Å². The molecule has 1 unspecified atom stereocenters. The van der Waals surface area contributed by atoms with Crippen LogP contribution in [0.2, 0.25) is 0 Å². The molecule has 0 fully saturated rings. The van der Waals surface area contributed by atoms with Gasteiger partial charge in [0.05, 0.1) is 0 Å². The second-order valence-corrected chi connectivity index (χ2v) is 2.92. The lowest BCUT2D eigenvalue weighted by Gasteiger charge is -2.17. The number of hydrogen-bond donors (Lipinski definition) is 1. The van der Waals surface area contributed by atoms with Crippen LogP contribution in [0.3, 0.4) is 0 Å². The van der Waals surface area contributed by atoms with Crippen molar-refractivity contribution in [2.45, 2.75) is 32.3 Å². The minimum atomic E-state index is -1.07. The summed E-state index contributed by atoms with van der Waals surface area (Å²) in [4.78, 5) is 11.0. The van der Waals surface area contributed by atoms with Crippen LogP contribution >= 0.6 is 0 Å². The van der Waals surface area contributed by atoms with Crippen LogP contribution in [0.15, 0.2) is 11.6 Å². The molecule has 1 N–H and O–H groups in total. The Morgan fingerprint density at radius 3 is 2.60 bits per heavy atom. The zero-order valence-electron chi connectivity index (χ0n) is 6.35. The fraction of sp³-hybridized carbons (Fsp3) is 0.625. The highest BCUT2D eigenvalue weighted by Gasteiger charge is 2.36. The van der Waals surface area contributed by atoms with Crippen LogP contribution in [-0.4, -0.2) is 16.5 Å². The Morgan fingerprint density at radius 2 is 2.40 bits per heavy atom. The Kier molecular flexibility index (Phi) is 1.65. The van der Waals surface area contributed by atoms with Crippen molar-refractivity contribution in [3.63, 3.8) is 0 Å². The average Bonchev–Trinajstić information content (AvgIpc) is 2.09. The molecule has 0 amide bonds. The molecule has 10 heavy (non-hydrogen) atoms. The quantitative estimate of drug-likeness (QED) is 0.591. The van der Waals surface area contributed by atoms with Gasteiger partial charge in [-0.25, -0.2) is 0 Å². The summed E-state index contributed by atoms with van der Waals surface area (Å²) in [6, 6.07) is 0. The highest BCUT2D eigenvalue weighted by molar-refractivity contribution is 6.00. The summed E-state index contributed by atoms with van der Waals surface area (Å²) in [7, 11) is 0. The van der Waals surface area contributed by atoms with Crippen LogP contribution in [0, 0.1) is 0 Å². The Balaban J connectivity index is 2.81. The van der Waals surface area contributed by atoms with Crippen molar-refractivity contribution in [1.29, 1.82) is 0 Å². The predicted molar refractivity (Wildman–Crippen MR) is 38.6 cm³/mol. The summed E-state index contributed by atoms with van der Waals surface area (Å²) >= 11 is 0. The molecule has 1 atom stereocenters. The first-order valence-corrected chi connectivity index (χ1v) is 3.52. The van der Waals surface area contributed by atoms with E-state index in [0.717, 1.165) is 5.57 Å². The molecule has 1 aliphatic rings. The lowest BCUT2D eigenvalue weighted by Crippen LogP contribution is -2.32. The van der Waals surface area contributed by atoms with Gasteiger partial charge >= 0.3 is 0 Å². The molecule has 1 rings (SSSR count). The standard InChI is InChI=1S/C8H12O2/c1-3-8(10)5-6(2)4-7(8)9/h4,10H,3,5H2,1-2H3. The van der Waals surface area contributed by atoms with Crippen molar-refractivity contribution >= 4 is 5.78 Å². The molecular formula is C8H12O2. The zero-order valence-corrected chi connectivity index (χ0v) is 6.35. The van der Waals surface area contributed by atoms with E-state index >= 15 is 0 Å². The van der Waals surface area contributed by atoms with Gasteiger partial charge in [0.25, 0.3) is 0 Å². The molecule has 56 valence electrons. The maximum absolute atomic E-state index is 11.0. The topological polar surface area (TPSA) is 37.3 Å². The number of rotatable bonds is 1. The van der Waals surface area contributed by atoms with Gasteiger partial charge in [-0.1, -0.05) is 12.5 Å². The van der Waals surface area contributed by atoms with Gasteiger partial charge in [-0.2, -0.15) is 0 Å². The SMILES string of the molecule is CCC1(O)CC(C)=CC1=O. The first-order valence-electron chi connectivity index (χ1n) is 3.52. The van der Waals surface area contributed by atoms with Crippen molar-refractivity contribution in [1.82, 2.24) is 0 Å². The van der Waals surface area contributed by atoms with E-state index in [9.17, 15) is 9.90 Å². The molecule has 0 saturated carbocycles. The van der Waals surface area contributed by atoms with Crippen LogP contribution in [0.4, 0.5) is 0 Å². The van der Waals surface area contributed by atoms with Gasteiger partial charge in [-0.05, 0) is 19.4 Å². The first-order chi connectivity index (χ1) is 4.58. The Bertz CT molecular complexity index is 193. The van der Waals surface area contributed by atoms with Crippen molar-refractivity contribution in [2.24, 2.45) is 0 Å². The van der Waals surface area contributed by atoms with Crippen molar-refractivity contribution < 1.29 is 9.90 Å². The molecule has 0 saturated heterocycles. The molecule has 2 nitrogen and oxygen atoms in total. The van der Waals surface area contributed by atoms with Gasteiger partial charge in [0.2, 0.25) is 0 Å². The Hall–Kier alpha value is -0.630. The molecular weight excluding hydrogens is 128 g/mol. The first kappa shape index (κ1) is 7.48. The predicted octanol–water partition coefficient (Wildman–Crippen LogP) is 1.05. The van der Waals surface area contributed by atoms with Gasteiger partial charge in [-0.15, -0.1) is 0 Å². The van der Waals surface area contributed by atoms with Crippen LogP contribution in [0.25, 0.3) is 0 Å². The van der Waals surface area contributed by atoms with E-state index < -0.39 is 5.60 Å². The molecule has 0 aromatic rings. The molecule has 0 bridgehead atoms. The second-order valence-electron chi connectivity index (χ2n) is 2.92. The number of ketones is 1. The van der Waals surface area contributed by atoms with E-state index in [2.05, 4.69) is 0 Å². The molecule has 0 aromatic heterocycles. The highest BCUT2D eigenvalue weighted by Crippen LogP contribution is 2.28. The fourth-order valence-electron chi connectivity index (χ4n) is 1.26. The van der Waals surface area contributed by atoms with E-state index in [1.54, 1.807) is 0 Å². The van der Waals surface area contributed by atoms with E-state index in [-0.39, 0.29) is 5.78 Å². The minimum absolute atomic E-state index is 0.132. The number of hydrogen-bond acceptors (Lipinski definition) is 2. The van der Waals surface area contributed by atoms with Gasteiger partial charge in [0, 0.05) is 6.42 Å². The zero-order chi connectivity index (χ0) is 7.78. The summed E-state index contributed by atoms with van der Waals surface area (Å²) < 4.78 is 0. The van der Waals surface area contributed by atoms with Crippen molar-refractivity contribution in [2.75, 3.05) is 0 Å². The van der Waals surface area contributed by atoms with E-state index in [1.165, 1.54) is 6.08 Å². The van der Waals surface area contributed by atoms with E-state index in [4.69, 9.17) is 0 Å². The molecule has 1 aliphatic carbocycles. The summed E-state index contributed by atoms with van der Waals surface area (Å²) in [5, 5.41) is 9.54. The smallest absolute Gasteiger partial charge is 0.187 e. The van der Waals surface area contributed by atoms with Crippen LogP contribution in [0.5, 0.6) is 0 Å². The minimum Gasteiger partial charge on any atom is -0.381 e. The van der Waals surface area contributed by atoms with Gasteiger partial charge < -0.3 is 5.11 Å². The Labute approximate surface area is 60.6 Å². The maximum atomic E-state index is 11.0. The maximum Gasteiger partial charge on any atom is 0.187 e. The number of carbonyl (C=O) groups excluding carboxylic acids is 1. The molecule has 0 radical (unpaired) electrons. The summed E-state index contributed by atoms with van der Waals surface area (Å²) in [6.07, 6.45) is 2.56. The monoisotopic (exact) mass is 140 g/mol. The largest absolute Gasteiger partial charge is 0.381 e. The van der Waals surface area contributed by atoms with Gasteiger partial charge in [-0.3, -0.25) is 4.79 Å². The second kappa shape index (κ2) is 2.20. The van der Waals surface area contributed by atoms with Crippen LogP contribution < -0.4 is 0 Å². The van der Waals surface area contributed by atoms with Gasteiger partial charge in [0.15, 0.2) is 5.78 Å². The molecule has 0 heterocycles. The summed E-state index contributed by atoms with van der Waals surface area (Å²) in [5.41, 5.74) is -0.0845. The normalized spacial score (nSPS) is 32.7. The van der Waals surface area contributed by atoms with Crippen LogP contribution in [0.1, 0.15) is 26.7 Å². The third-order valence-corrected chi connectivity index (χ3v) is 1.99. The average molecular weight is 140 g/mol. The van der Waals surface area contributed by atoms with Crippen molar-refractivity contribution in [3.8, 4) is 0 Å². The molecule has 0 aromatic carbocycles. The molecule has 0 aliphatic heterocycles. The third-order valence-electron chi connectivity index (χ3n) is 1.99. The van der Waals surface area contributed by atoms with Gasteiger partial charge in [0.1, 0.15) is 5.60 Å². The summed E-state index contributed by atoms with van der Waals surface area (Å²) in [6.45, 7) is 3.69. The van der Waals surface area contributed by atoms with E-state index in [1.807, 2.05) is 13.8 Å². The number of carbonyl (C=O) groups is 1. The molecule has 2 heteroatoms. The Morgan fingerprint density at radius 1 is 1.80 bits per heavy atom. The highest BCUT2D eigenvalue weighted by atomic mass is 16.3. The molecule has 0 spiro atoms. The third kappa shape index (κ3) is 0.991.